The third kappa shape index (κ3) is 5.29. The molecule has 0 aliphatic rings. The quantitative estimate of drug-likeness (QED) is 0.579. The van der Waals surface area contributed by atoms with Crippen molar-refractivity contribution in [1.29, 1.82) is 0 Å². The third-order valence-electron chi connectivity index (χ3n) is 4.28. The average Bonchev–Trinajstić information content (AvgIpc) is 2.71. The zero-order valence-electron chi connectivity index (χ0n) is 16.6. The van der Waals surface area contributed by atoms with Crippen molar-refractivity contribution in [3.05, 3.63) is 108 Å². The highest BCUT2D eigenvalue weighted by atomic mass is 16.3. The normalized spacial score (nSPS) is 12.0. The first-order valence-electron chi connectivity index (χ1n) is 9.74. The highest BCUT2D eigenvalue weighted by molar-refractivity contribution is 5.49. The van der Waals surface area contributed by atoms with Crippen molar-refractivity contribution >= 4 is 0 Å². The summed E-state index contributed by atoms with van der Waals surface area (Å²) in [6.45, 7) is 6.55. The fourth-order valence-corrected chi connectivity index (χ4v) is 3.17. The highest BCUT2D eigenvalue weighted by Crippen LogP contribution is 2.36. The monoisotopic (exact) mass is 361 g/mol. The van der Waals surface area contributed by atoms with Crippen molar-refractivity contribution < 1.29 is 5.11 Å². The van der Waals surface area contributed by atoms with Crippen LogP contribution in [0.5, 0.6) is 0 Å². The number of nitrogens with one attached hydrogen (secondary N) is 1. The molecule has 1 atom stereocenters. The van der Waals surface area contributed by atoms with Crippen LogP contribution in [0.2, 0.25) is 0 Å². The van der Waals surface area contributed by atoms with Gasteiger partial charge in [0.1, 0.15) is 0 Å². The van der Waals surface area contributed by atoms with Crippen LogP contribution < -0.4 is 5.32 Å². The second-order valence-corrected chi connectivity index (χ2v) is 6.79. The predicted molar refractivity (Wildman–Crippen MR) is 115 cm³/mol. The summed E-state index contributed by atoms with van der Waals surface area (Å²) in [4.78, 5) is 0. The Morgan fingerprint density at radius 2 is 1.00 bits per heavy atom. The molecule has 0 spiro atoms. The number of hydrogen-bond donors (Lipinski definition) is 2. The minimum Gasteiger partial charge on any atom is -0.392 e. The van der Waals surface area contributed by atoms with Crippen LogP contribution in [0.4, 0.5) is 0 Å². The van der Waals surface area contributed by atoms with Gasteiger partial charge in [0.25, 0.3) is 0 Å². The maximum atomic E-state index is 9.89. The summed E-state index contributed by atoms with van der Waals surface area (Å²) >= 11 is 0. The molecule has 2 N–H and O–H groups in total. The highest BCUT2D eigenvalue weighted by Gasteiger charge is 2.35. The largest absolute Gasteiger partial charge is 0.392 e. The van der Waals surface area contributed by atoms with E-state index in [1.54, 1.807) is 6.92 Å². The van der Waals surface area contributed by atoms with Crippen LogP contribution in [0.1, 0.15) is 43.9 Å². The number of benzene rings is 3. The Bertz CT molecular complexity index is 657. The molecule has 0 aliphatic heterocycles. The van der Waals surface area contributed by atoms with Gasteiger partial charge in [-0.3, -0.25) is 5.32 Å². The first-order valence-corrected chi connectivity index (χ1v) is 9.74. The van der Waals surface area contributed by atoms with Crippen LogP contribution in [-0.2, 0) is 5.54 Å². The van der Waals surface area contributed by atoms with E-state index in [4.69, 9.17) is 0 Å². The summed E-state index contributed by atoms with van der Waals surface area (Å²) in [5.41, 5.74) is 2.97. The molecule has 3 aromatic rings. The van der Waals surface area contributed by atoms with E-state index in [1.165, 1.54) is 6.42 Å². The van der Waals surface area contributed by atoms with Gasteiger partial charge < -0.3 is 5.11 Å². The Balaban J connectivity index is 0.000000817. The number of hydrogen-bond acceptors (Lipinski definition) is 2. The van der Waals surface area contributed by atoms with Crippen LogP contribution in [0.3, 0.4) is 0 Å². The van der Waals surface area contributed by atoms with E-state index in [-0.39, 0.29) is 0 Å². The zero-order chi connectivity index (χ0) is 19.5. The van der Waals surface area contributed by atoms with Crippen molar-refractivity contribution in [3.8, 4) is 0 Å². The van der Waals surface area contributed by atoms with Crippen molar-refractivity contribution in [1.82, 2.24) is 5.32 Å². The molecular formula is C25H31NO. The summed E-state index contributed by atoms with van der Waals surface area (Å²) < 4.78 is 0. The summed E-state index contributed by atoms with van der Waals surface area (Å²) in [5, 5.41) is 13.5. The van der Waals surface area contributed by atoms with E-state index in [2.05, 4.69) is 92.0 Å². The van der Waals surface area contributed by atoms with E-state index in [0.29, 0.717) is 6.54 Å². The van der Waals surface area contributed by atoms with E-state index in [9.17, 15) is 5.11 Å². The van der Waals surface area contributed by atoms with E-state index < -0.39 is 11.6 Å². The summed E-state index contributed by atoms with van der Waals surface area (Å²) in [6.07, 6.45) is 0.820. The fraction of sp³-hybridized carbons (Fsp3) is 0.280. The lowest BCUT2D eigenvalue weighted by atomic mass is 9.77. The maximum Gasteiger partial charge on any atom is 0.0948 e. The van der Waals surface area contributed by atoms with E-state index in [0.717, 1.165) is 16.7 Å². The molecule has 0 aliphatic carbocycles. The van der Waals surface area contributed by atoms with Gasteiger partial charge in [-0.25, -0.2) is 0 Å². The molecule has 0 radical (unpaired) electrons. The molecule has 0 saturated heterocycles. The van der Waals surface area contributed by atoms with Gasteiger partial charge in [0.15, 0.2) is 0 Å². The van der Waals surface area contributed by atoms with Crippen molar-refractivity contribution in [2.24, 2.45) is 0 Å². The van der Waals surface area contributed by atoms with Gasteiger partial charge in [-0.2, -0.15) is 0 Å². The van der Waals surface area contributed by atoms with Crippen LogP contribution >= 0.6 is 0 Å². The summed E-state index contributed by atoms with van der Waals surface area (Å²) in [5.74, 6) is 0. The van der Waals surface area contributed by atoms with Crippen LogP contribution in [-0.4, -0.2) is 17.8 Å². The SMILES string of the molecule is CC(O)CNC(c1ccccc1)(c1ccccc1)c1ccccc1.CCC. The standard InChI is InChI=1S/C22H23NO.C3H8/c1-18(24)17-23-22(19-11-5-2-6-12-19,20-13-7-3-8-14-20)21-15-9-4-10-16-21;1-3-2/h2-16,18,23-24H,17H2,1H3;3H2,1-2H3. The van der Waals surface area contributed by atoms with E-state index in [1.807, 2.05) is 18.2 Å². The molecule has 0 heterocycles. The third-order valence-corrected chi connectivity index (χ3v) is 4.28. The first kappa shape index (κ1) is 20.9. The van der Waals surface area contributed by atoms with Gasteiger partial charge in [-0.1, -0.05) is 111 Å². The van der Waals surface area contributed by atoms with Crippen molar-refractivity contribution in [2.75, 3.05) is 6.54 Å². The Kier molecular flexibility index (Phi) is 8.25. The van der Waals surface area contributed by atoms with Gasteiger partial charge in [-0.05, 0) is 23.6 Å². The molecule has 0 fully saturated rings. The second kappa shape index (κ2) is 10.7. The molecular weight excluding hydrogens is 330 g/mol. The van der Waals surface area contributed by atoms with Crippen molar-refractivity contribution in [3.63, 3.8) is 0 Å². The van der Waals surface area contributed by atoms with E-state index >= 15 is 0 Å². The Labute approximate surface area is 163 Å². The minimum atomic E-state index is -0.499. The predicted octanol–water partition coefficient (Wildman–Crippen LogP) is 5.37. The maximum absolute atomic E-state index is 9.89. The lowest BCUT2D eigenvalue weighted by Gasteiger charge is -2.37. The zero-order valence-corrected chi connectivity index (χ0v) is 16.6. The number of aliphatic hydroxyl groups excluding tert-OH is 1. The molecule has 3 aromatic carbocycles. The van der Waals surface area contributed by atoms with Gasteiger partial charge in [0.05, 0.1) is 11.6 Å². The molecule has 0 saturated carbocycles. The topological polar surface area (TPSA) is 32.3 Å². The molecule has 142 valence electrons. The summed E-state index contributed by atoms with van der Waals surface area (Å²) in [7, 11) is 0. The van der Waals surface area contributed by atoms with Crippen molar-refractivity contribution in [2.45, 2.75) is 38.8 Å². The average molecular weight is 362 g/mol. The van der Waals surface area contributed by atoms with Gasteiger partial charge in [0.2, 0.25) is 0 Å². The van der Waals surface area contributed by atoms with Gasteiger partial charge >= 0.3 is 0 Å². The minimum absolute atomic E-state index is 0.430. The second-order valence-electron chi connectivity index (χ2n) is 6.79. The Hall–Kier alpha value is -2.42. The molecule has 2 nitrogen and oxygen atoms in total. The van der Waals surface area contributed by atoms with Crippen LogP contribution in [0.15, 0.2) is 91.0 Å². The fourth-order valence-electron chi connectivity index (χ4n) is 3.17. The molecule has 3 rings (SSSR count). The first-order chi connectivity index (χ1) is 13.1. The Morgan fingerprint density at radius 3 is 1.26 bits per heavy atom. The van der Waals surface area contributed by atoms with Gasteiger partial charge in [0, 0.05) is 6.54 Å². The number of aliphatic hydroxyl groups is 1. The molecule has 0 aromatic heterocycles. The lowest BCUT2D eigenvalue weighted by molar-refractivity contribution is 0.182. The lowest BCUT2D eigenvalue weighted by Crippen LogP contribution is -2.47. The molecule has 2 heteroatoms. The van der Waals surface area contributed by atoms with Crippen LogP contribution in [0, 0.1) is 0 Å². The van der Waals surface area contributed by atoms with Crippen LogP contribution in [0.25, 0.3) is 0 Å². The molecule has 0 amide bonds. The molecule has 1 unspecified atom stereocenters. The molecule has 27 heavy (non-hydrogen) atoms. The summed E-state index contributed by atoms with van der Waals surface area (Å²) in [6, 6.07) is 31.2. The van der Waals surface area contributed by atoms with Gasteiger partial charge in [-0.15, -0.1) is 0 Å². The smallest absolute Gasteiger partial charge is 0.0948 e. The molecule has 0 bridgehead atoms. The Morgan fingerprint density at radius 1 is 0.704 bits per heavy atom. The number of rotatable bonds is 6.